The van der Waals surface area contributed by atoms with Crippen LogP contribution in [0.5, 0.6) is 5.75 Å². The minimum Gasteiger partial charge on any atom is -0.488 e. The van der Waals surface area contributed by atoms with Crippen LogP contribution in [0.3, 0.4) is 0 Å². The van der Waals surface area contributed by atoms with Crippen molar-refractivity contribution in [2.24, 2.45) is 0 Å². The van der Waals surface area contributed by atoms with Gasteiger partial charge in [-0.2, -0.15) is 0 Å². The Morgan fingerprint density at radius 2 is 2.24 bits per heavy atom. The molecule has 1 aromatic carbocycles. The van der Waals surface area contributed by atoms with Crippen LogP contribution >= 0.6 is 0 Å². The summed E-state index contributed by atoms with van der Waals surface area (Å²) in [6.45, 7) is 0.125. The number of halogens is 1. The van der Waals surface area contributed by atoms with E-state index in [9.17, 15) is 9.18 Å². The molecule has 0 saturated heterocycles. The van der Waals surface area contributed by atoms with Crippen LogP contribution in [0.25, 0.3) is 0 Å². The molecule has 4 nitrogen and oxygen atoms in total. The Morgan fingerprint density at radius 3 is 2.88 bits per heavy atom. The number of carboxylic acid groups (broad SMARTS) is 1. The van der Waals surface area contributed by atoms with E-state index in [2.05, 4.69) is 0 Å². The van der Waals surface area contributed by atoms with Crippen LogP contribution in [0, 0.1) is 5.82 Å². The zero-order valence-corrected chi connectivity index (χ0v) is 8.72. The molecular weight excluding hydrogens is 227 g/mol. The molecule has 0 atom stereocenters. The van der Waals surface area contributed by atoms with Crippen molar-refractivity contribution >= 4 is 5.97 Å². The first-order valence-corrected chi connectivity index (χ1v) is 4.84. The molecule has 0 bridgehead atoms. The summed E-state index contributed by atoms with van der Waals surface area (Å²) in [4.78, 5) is 10.9. The Morgan fingerprint density at radius 1 is 1.41 bits per heavy atom. The van der Waals surface area contributed by atoms with Crippen LogP contribution < -0.4 is 4.74 Å². The highest BCUT2D eigenvalue weighted by atomic mass is 19.1. The molecule has 1 aromatic heterocycles. The van der Waals surface area contributed by atoms with E-state index < -0.39 is 17.3 Å². The average Bonchev–Trinajstić information content (AvgIpc) is 2.78. The van der Waals surface area contributed by atoms with Crippen LogP contribution in [0.1, 0.15) is 15.9 Å². The van der Waals surface area contributed by atoms with Gasteiger partial charge in [-0.15, -0.1) is 0 Å². The quantitative estimate of drug-likeness (QED) is 0.886. The second-order valence-electron chi connectivity index (χ2n) is 3.34. The van der Waals surface area contributed by atoms with Gasteiger partial charge in [0.25, 0.3) is 0 Å². The molecule has 88 valence electrons. The maximum atomic E-state index is 13.3. The molecule has 0 spiro atoms. The van der Waals surface area contributed by atoms with Crippen molar-refractivity contribution in [1.29, 1.82) is 0 Å². The molecule has 0 amide bonds. The fourth-order valence-corrected chi connectivity index (χ4v) is 1.37. The Bertz CT molecular complexity index is 519. The van der Waals surface area contributed by atoms with E-state index >= 15 is 0 Å². The standard InChI is InChI=1S/C12H9FO4/c13-9-2-1-3-10(11(9)12(14)15)17-7-8-4-5-16-6-8/h1-6H,7H2,(H,14,15). The molecule has 17 heavy (non-hydrogen) atoms. The predicted octanol–water partition coefficient (Wildman–Crippen LogP) is 2.70. The molecular formula is C12H9FO4. The van der Waals surface area contributed by atoms with Crippen molar-refractivity contribution < 1.29 is 23.4 Å². The molecule has 1 heterocycles. The van der Waals surface area contributed by atoms with Crippen molar-refractivity contribution in [3.63, 3.8) is 0 Å². The molecule has 0 radical (unpaired) electrons. The number of aromatic carboxylic acids is 1. The van der Waals surface area contributed by atoms with Crippen LogP contribution in [0.2, 0.25) is 0 Å². The summed E-state index contributed by atoms with van der Waals surface area (Å²) in [5.41, 5.74) is 0.279. The second kappa shape index (κ2) is 4.69. The molecule has 0 unspecified atom stereocenters. The topological polar surface area (TPSA) is 59.7 Å². The lowest BCUT2D eigenvalue weighted by Gasteiger charge is -2.08. The normalized spacial score (nSPS) is 10.2. The summed E-state index contributed by atoms with van der Waals surface area (Å²) in [6, 6.07) is 5.56. The number of ether oxygens (including phenoxy) is 1. The zero-order chi connectivity index (χ0) is 12.3. The number of hydrogen-bond acceptors (Lipinski definition) is 3. The highest BCUT2D eigenvalue weighted by molar-refractivity contribution is 5.91. The van der Waals surface area contributed by atoms with Crippen molar-refractivity contribution in [1.82, 2.24) is 0 Å². The van der Waals surface area contributed by atoms with Gasteiger partial charge in [0.2, 0.25) is 0 Å². The van der Waals surface area contributed by atoms with Gasteiger partial charge >= 0.3 is 5.97 Å². The molecule has 2 rings (SSSR count). The number of benzene rings is 1. The largest absolute Gasteiger partial charge is 0.488 e. The highest BCUT2D eigenvalue weighted by Gasteiger charge is 2.16. The third-order valence-corrected chi connectivity index (χ3v) is 2.16. The summed E-state index contributed by atoms with van der Waals surface area (Å²) in [5, 5.41) is 8.87. The lowest BCUT2D eigenvalue weighted by Crippen LogP contribution is -2.05. The summed E-state index contributed by atoms with van der Waals surface area (Å²) in [7, 11) is 0. The first-order valence-electron chi connectivity index (χ1n) is 4.84. The molecule has 5 heteroatoms. The smallest absolute Gasteiger partial charge is 0.342 e. The van der Waals surface area contributed by atoms with E-state index in [0.29, 0.717) is 0 Å². The molecule has 0 fully saturated rings. The van der Waals surface area contributed by atoms with Gasteiger partial charge in [0.15, 0.2) is 0 Å². The van der Waals surface area contributed by atoms with Crippen LogP contribution in [0.4, 0.5) is 4.39 Å². The van der Waals surface area contributed by atoms with E-state index in [1.807, 2.05) is 0 Å². The van der Waals surface area contributed by atoms with Crippen LogP contribution in [-0.4, -0.2) is 11.1 Å². The molecule has 0 aliphatic heterocycles. The number of furan rings is 1. The first-order chi connectivity index (χ1) is 8.18. The van der Waals surface area contributed by atoms with E-state index in [1.165, 1.54) is 24.7 Å². The average molecular weight is 236 g/mol. The molecule has 0 aliphatic carbocycles. The second-order valence-corrected chi connectivity index (χ2v) is 3.34. The maximum Gasteiger partial charge on any atom is 0.342 e. The highest BCUT2D eigenvalue weighted by Crippen LogP contribution is 2.22. The maximum absolute atomic E-state index is 13.3. The lowest BCUT2D eigenvalue weighted by atomic mass is 10.2. The van der Waals surface area contributed by atoms with Gasteiger partial charge in [-0.3, -0.25) is 0 Å². The molecule has 0 aliphatic rings. The Hall–Kier alpha value is -2.30. The SMILES string of the molecule is O=C(O)c1c(F)cccc1OCc1ccoc1. The summed E-state index contributed by atoms with van der Waals surface area (Å²) in [6.07, 6.45) is 2.95. The third kappa shape index (κ3) is 2.44. The molecule has 0 saturated carbocycles. The van der Waals surface area contributed by atoms with Gasteiger partial charge in [-0.05, 0) is 18.2 Å². The van der Waals surface area contributed by atoms with Crippen molar-refractivity contribution in [2.75, 3.05) is 0 Å². The van der Waals surface area contributed by atoms with E-state index in [1.54, 1.807) is 6.07 Å². The number of rotatable bonds is 4. The van der Waals surface area contributed by atoms with Crippen LogP contribution in [-0.2, 0) is 6.61 Å². The van der Waals surface area contributed by atoms with E-state index in [4.69, 9.17) is 14.3 Å². The predicted molar refractivity (Wildman–Crippen MR) is 56.4 cm³/mol. The minimum atomic E-state index is -1.36. The first kappa shape index (κ1) is 11.2. The minimum absolute atomic E-state index is 0.00120. The number of carboxylic acids is 1. The zero-order valence-electron chi connectivity index (χ0n) is 8.72. The van der Waals surface area contributed by atoms with Gasteiger partial charge in [-0.1, -0.05) is 6.07 Å². The van der Waals surface area contributed by atoms with Crippen molar-refractivity contribution in [3.05, 3.63) is 53.7 Å². The van der Waals surface area contributed by atoms with Gasteiger partial charge in [-0.25, -0.2) is 9.18 Å². The molecule has 2 aromatic rings. The molecule has 1 N–H and O–H groups in total. The monoisotopic (exact) mass is 236 g/mol. The number of carbonyl (C=O) groups is 1. The van der Waals surface area contributed by atoms with Gasteiger partial charge in [0.1, 0.15) is 23.7 Å². The van der Waals surface area contributed by atoms with Gasteiger partial charge in [0.05, 0.1) is 12.5 Å². The number of hydrogen-bond donors (Lipinski definition) is 1. The van der Waals surface area contributed by atoms with E-state index in [0.717, 1.165) is 11.6 Å². The fourth-order valence-electron chi connectivity index (χ4n) is 1.37. The summed E-state index contributed by atoms with van der Waals surface area (Å²) >= 11 is 0. The lowest BCUT2D eigenvalue weighted by molar-refractivity contribution is 0.0686. The van der Waals surface area contributed by atoms with Crippen molar-refractivity contribution in [3.8, 4) is 5.75 Å². The summed E-state index contributed by atoms with van der Waals surface area (Å²) < 4.78 is 23.4. The summed E-state index contributed by atoms with van der Waals surface area (Å²) in [5.74, 6) is -2.17. The van der Waals surface area contributed by atoms with Gasteiger partial charge < -0.3 is 14.3 Å². The Balaban J connectivity index is 2.21. The fraction of sp³-hybridized carbons (Fsp3) is 0.0833. The van der Waals surface area contributed by atoms with Crippen LogP contribution in [0.15, 0.2) is 41.2 Å². The van der Waals surface area contributed by atoms with Crippen molar-refractivity contribution in [2.45, 2.75) is 6.61 Å². The van der Waals surface area contributed by atoms with E-state index in [-0.39, 0.29) is 12.4 Å². The Kier molecular flexibility index (Phi) is 3.09. The third-order valence-electron chi connectivity index (χ3n) is 2.16. The van der Waals surface area contributed by atoms with Gasteiger partial charge in [0, 0.05) is 5.56 Å². The Labute approximate surface area is 96.2 Å².